The Morgan fingerprint density at radius 1 is 1.02 bits per heavy atom. The Hall–Kier alpha value is -4.45. The van der Waals surface area contributed by atoms with Crippen LogP contribution in [0.15, 0.2) is 80.7 Å². The van der Waals surface area contributed by atoms with E-state index in [-0.39, 0.29) is 32.7 Å². The molecule has 5 rings (SSSR count). The second-order valence-corrected chi connectivity index (χ2v) is 10.6. The third-order valence-electron chi connectivity index (χ3n) is 5.79. The first kappa shape index (κ1) is 27.1. The van der Waals surface area contributed by atoms with Crippen molar-refractivity contribution in [2.75, 3.05) is 5.73 Å². The summed E-state index contributed by atoms with van der Waals surface area (Å²) in [5, 5.41) is 39.8. The Balaban J connectivity index is 1.62. The maximum atomic E-state index is 12.1. The molecule has 0 radical (unpaired) electrons. The SMILES string of the molecule is Cc1cc(N)ccc1N=Nc1ccc(-n2nc3ccc4c(SOOO)cc(S(=O)(=O)O)cc4c3n2)c(C(=O)O)c1. The van der Waals surface area contributed by atoms with Gasteiger partial charge in [0, 0.05) is 21.4 Å². The Morgan fingerprint density at radius 3 is 2.52 bits per heavy atom. The molecule has 40 heavy (non-hydrogen) atoms. The van der Waals surface area contributed by atoms with E-state index in [2.05, 4.69) is 29.8 Å². The minimum Gasteiger partial charge on any atom is -0.478 e. The number of benzene rings is 4. The molecular formula is C24H18N6O8S2. The van der Waals surface area contributed by atoms with Crippen molar-refractivity contribution in [3.8, 4) is 5.69 Å². The normalized spacial score (nSPS) is 12.1. The van der Waals surface area contributed by atoms with Gasteiger partial charge in [-0.3, -0.25) is 4.55 Å². The molecule has 4 aromatic carbocycles. The number of carboxylic acids is 1. The molecule has 14 nitrogen and oxygen atoms in total. The van der Waals surface area contributed by atoms with Crippen LogP contribution in [0.4, 0.5) is 17.1 Å². The highest BCUT2D eigenvalue weighted by atomic mass is 32.2. The van der Waals surface area contributed by atoms with Gasteiger partial charge in [-0.15, -0.1) is 19.3 Å². The minimum absolute atomic E-state index is 0.108. The number of fused-ring (bicyclic) bond motifs is 3. The van der Waals surface area contributed by atoms with Crippen LogP contribution < -0.4 is 5.73 Å². The molecule has 0 saturated heterocycles. The van der Waals surface area contributed by atoms with Gasteiger partial charge in [0.05, 0.1) is 33.9 Å². The molecule has 0 spiro atoms. The van der Waals surface area contributed by atoms with Crippen LogP contribution in [-0.2, 0) is 19.5 Å². The van der Waals surface area contributed by atoms with Crippen molar-refractivity contribution in [2.24, 2.45) is 10.2 Å². The highest BCUT2D eigenvalue weighted by Crippen LogP contribution is 2.35. The number of carbonyl (C=O) groups is 1. The monoisotopic (exact) mass is 582 g/mol. The average molecular weight is 583 g/mol. The van der Waals surface area contributed by atoms with Gasteiger partial charge in [0.15, 0.2) is 0 Å². The number of hydrogen-bond donors (Lipinski definition) is 4. The van der Waals surface area contributed by atoms with Gasteiger partial charge in [-0.2, -0.15) is 18.6 Å². The number of nitrogen functional groups attached to an aromatic ring is 1. The molecule has 16 heteroatoms. The molecule has 0 bridgehead atoms. The van der Waals surface area contributed by atoms with E-state index < -0.39 is 21.0 Å². The fourth-order valence-corrected chi connectivity index (χ4v) is 5.12. The first-order chi connectivity index (χ1) is 19.0. The van der Waals surface area contributed by atoms with E-state index in [1.807, 2.05) is 6.92 Å². The Bertz CT molecular complexity index is 1940. The van der Waals surface area contributed by atoms with Crippen LogP contribution in [0, 0.1) is 6.92 Å². The van der Waals surface area contributed by atoms with Gasteiger partial charge >= 0.3 is 5.97 Å². The maximum Gasteiger partial charge on any atom is 0.338 e. The molecule has 0 fully saturated rings. The number of nitrogens with two attached hydrogens (primary N) is 1. The Morgan fingerprint density at radius 2 is 1.82 bits per heavy atom. The van der Waals surface area contributed by atoms with Gasteiger partial charge in [0.2, 0.25) is 0 Å². The molecule has 5 aromatic rings. The second-order valence-electron chi connectivity index (χ2n) is 8.39. The summed E-state index contributed by atoms with van der Waals surface area (Å²) < 4.78 is 37.9. The molecule has 1 aromatic heterocycles. The molecule has 0 saturated carbocycles. The summed E-state index contributed by atoms with van der Waals surface area (Å²) >= 11 is 0.498. The van der Waals surface area contributed by atoms with Crippen molar-refractivity contribution in [1.82, 2.24) is 15.0 Å². The van der Waals surface area contributed by atoms with Crippen LogP contribution >= 0.6 is 12.0 Å². The van der Waals surface area contributed by atoms with Crippen LogP contribution in [0.3, 0.4) is 0 Å². The number of hydrogen-bond acceptors (Lipinski definition) is 12. The highest BCUT2D eigenvalue weighted by Gasteiger charge is 2.20. The summed E-state index contributed by atoms with van der Waals surface area (Å²) in [6, 6.07) is 14.9. The lowest BCUT2D eigenvalue weighted by molar-refractivity contribution is -0.432. The number of aromatic carboxylic acids is 1. The van der Waals surface area contributed by atoms with Crippen molar-refractivity contribution >= 4 is 67.0 Å². The van der Waals surface area contributed by atoms with Crippen molar-refractivity contribution in [3.63, 3.8) is 0 Å². The summed E-state index contributed by atoms with van der Waals surface area (Å²) in [6.45, 7) is 1.82. The van der Waals surface area contributed by atoms with E-state index in [1.54, 1.807) is 36.4 Å². The zero-order chi connectivity index (χ0) is 28.6. The van der Waals surface area contributed by atoms with Gasteiger partial charge in [0.1, 0.15) is 16.7 Å². The van der Waals surface area contributed by atoms with Gasteiger partial charge in [0.25, 0.3) is 10.1 Å². The number of aryl methyl sites for hydroxylation is 1. The molecule has 0 aliphatic rings. The number of aromatic nitrogens is 3. The number of azo groups is 1. The van der Waals surface area contributed by atoms with Gasteiger partial charge in [-0.05, 0) is 67.1 Å². The fourth-order valence-electron chi connectivity index (χ4n) is 3.97. The van der Waals surface area contributed by atoms with E-state index in [9.17, 15) is 22.9 Å². The zero-order valence-corrected chi connectivity index (χ0v) is 21.9. The molecule has 1 heterocycles. The van der Waals surface area contributed by atoms with Crippen molar-refractivity contribution in [2.45, 2.75) is 16.7 Å². The number of rotatable bonds is 8. The molecule has 204 valence electrons. The average Bonchev–Trinajstić information content (AvgIpc) is 3.35. The third kappa shape index (κ3) is 5.34. The summed E-state index contributed by atoms with van der Waals surface area (Å²) in [5.74, 6) is -1.27. The maximum absolute atomic E-state index is 12.1. The summed E-state index contributed by atoms with van der Waals surface area (Å²) in [6.07, 6.45) is 0. The number of anilines is 1. The molecule has 0 aliphatic carbocycles. The van der Waals surface area contributed by atoms with Crippen molar-refractivity contribution in [3.05, 3.63) is 71.8 Å². The predicted octanol–water partition coefficient (Wildman–Crippen LogP) is 5.25. The fraction of sp³-hybridized carbons (Fsp3) is 0.0417. The molecule has 0 aliphatic heterocycles. The summed E-state index contributed by atoms with van der Waals surface area (Å²) in [7, 11) is -4.64. The van der Waals surface area contributed by atoms with Crippen molar-refractivity contribution in [1.29, 1.82) is 0 Å². The van der Waals surface area contributed by atoms with Gasteiger partial charge in [-0.25, -0.2) is 10.1 Å². The lowest BCUT2D eigenvalue weighted by Gasteiger charge is -2.07. The second kappa shape index (κ2) is 10.6. The van der Waals surface area contributed by atoms with E-state index in [0.717, 1.165) is 16.4 Å². The van der Waals surface area contributed by atoms with E-state index >= 15 is 0 Å². The predicted molar refractivity (Wildman–Crippen MR) is 144 cm³/mol. The van der Waals surface area contributed by atoms with Crippen LogP contribution in [0.2, 0.25) is 0 Å². The molecular weight excluding hydrogens is 564 g/mol. The third-order valence-corrected chi connectivity index (χ3v) is 7.27. The quantitative estimate of drug-likeness (QED) is 0.0461. The zero-order valence-electron chi connectivity index (χ0n) is 20.3. The first-order valence-electron chi connectivity index (χ1n) is 11.2. The first-order valence-corrected chi connectivity index (χ1v) is 13.3. The minimum atomic E-state index is -4.64. The lowest BCUT2D eigenvalue weighted by Crippen LogP contribution is -2.07. The van der Waals surface area contributed by atoms with Crippen LogP contribution in [-0.4, -0.2) is 44.3 Å². The Kier molecular flexibility index (Phi) is 7.19. The van der Waals surface area contributed by atoms with Crippen LogP contribution in [0.25, 0.3) is 27.5 Å². The number of carboxylic acid groups (broad SMARTS) is 1. The standard InChI is InChI=1S/C24H18N6O8S2/c1-12-8-13(25)2-5-19(12)27-26-14-3-7-21(18(9-14)24(31)32)30-28-20-6-4-16-17(23(20)29-30)10-15(40(34,35)36)11-22(16)39-38-37-33/h2-11,33H,25H2,1H3,(H,31,32)(H,34,35,36). The number of nitrogens with zero attached hydrogens (tertiary/aromatic N) is 5. The molecule has 0 amide bonds. The van der Waals surface area contributed by atoms with E-state index in [0.29, 0.717) is 34.3 Å². The topological polar surface area (TPSA) is 212 Å². The van der Waals surface area contributed by atoms with Gasteiger partial charge < -0.3 is 10.8 Å². The lowest BCUT2D eigenvalue weighted by atomic mass is 10.1. The molecule has 5 N–H and O–H groups in total. The molecule has 0 unspecified atom stereocenters. The Labute approximate surface area is 229 Å². The highest BCUT2D eigenvalue weighted by molar-refractivity contribution is 7.94. The van der Waals surface area contributed by atoms with Crippen LogP contribution in [0.5, 0.6) is 0 Å². The van der Waals surface area contributed by atoms with E-state index in [4.69, 9.17) is 11.0 Å². The summed E-state index contributed by atoms with van der Waals surface area (Å²) in [5.41, 5.74) is 8.42. The smallest absolute Gasteiger partial charge is 0.338 e. The van der Waals surface area contributed by atoms with Crippen molar-refractivity contribution < 1.29 is 37.5 Å². The van der Waals surface area contributed by atoms with Gasteiger partial charge in [-0.1, -0.05) is 11.1 Å². The summed E-state index contributed by atoms with van der Waals surface area (Å²) in [4.78, 5) is 12.9. The largest absolute Gasteiger partial charge is 0.478 e. The van der Waals surface area contributed by atoms with E-state index in [1.165, 1.54) is 18.2 Å². The molecule has 0 atom stereocenters. The van der Waals surface area contributed by atoms with Crippen LogP contribution in [0.1, 0.15) is 15.9 Å².